The summed E-state index contributed by atoms with van der Waals surface area (Å²) in [7, 11) is 0. The van der Waals surface area contributed by atoms with Gasteiger partial charge in [-0.1, -0.05) is 32.5 Å². The zero-order chi connectivity index (χ0) is 13.5. The van der Waals surface area contributed by atoms with Gasteiger partial charge in [0.05, 0.1) is 0 Å². The molecule has 0 radical (unpaired) electrons. The van der Waals surface area contributed by atoms with Crippen molar-refractivity contribution in [3.8, 4) is 0 Å². The van der Waals surface area contributed by atoms with Crippen LogP contribution in [0.3, 0.4) is 0 Å². The second-order valence-electron chi connectivity index (χ2n) is 4.16. The summed E-state index contributed by atoms with van der Waals surface area (Å²) in [5, 5.41) is 0.738. The maximum absolute atomic E-state index is 11.8. The lowest BCUT2D eigenvalue weighted by Gasteiger charge is -2.17. The lowest BCUT2D eigenvalue weighted by atomic mass is 10.2. The van der Waals surface area contributed by atoms with Crippen molar-refractivity contribution in [2.45, 2.75) is 39.3 Å². The number of nitrogens with one attached hydrogen (secondary N) is 1. The zero-order valence-electron chi connectivity index (χ0n) is 11.7. The van der Waals surface area contributed by atoms with Crippen LogP contribution in [0.2, 0.25) is 0 Å². The first-order chi connectivity index (χ1) is 8.62. The first kappa shape index (κ1) is 15.2. The number of thioether (sulfide) groups is 1. The average Bonchev–Trinajstić information content (AvgIpc) is 2.34. The lowest BCUT2D eigenvalue weighted by molar-refractivity contribution is 0.324. The minimum Gasteiger partial charge on any atom is -0.303 e. The molecule has 0 spiro atoms. The van der Waals surface area contributed by atoms with E-state index in [1.807, 2.05) is 13.8 Å². The number of aryl methyl sites for hydroxylation is 1. The van der Waals surface area contributed by atoms with Gasteiger partial charge in [0.15, 0.2) is 5.16 Å². The predicted molar refractivity (Wildman–Crippen MR) is 77.5 cm³/mol. The van der Waals surface area contributed by atoms with Gasteiger partial charge < -0.3 is 9.88 Å². The van der Waals surface area contributed by atoms with Crippen molar-refractivity contribution in [3.63, 3.8) is 0 Å². The number of hydrogen-bond acceptors (Lipinski definition) is 4. The zero-order valence-corrected chi connectivity index (χ0v) is 12.6. The smallest absolute Gasteiger partial charge is 0.254 e. The number of H-pyrrole nitrogens is 1. The Hall–Kier alpha value is -0.810. The third-order valence-corrected chi connectivity index (χ3v) is 3.95. The van der Waals surface area contributed by atoms with E-state index in [9.17, 15) is 4.79 Å². The Kier molecular flexibility index (Phi) is 6.43. The van der Waals surface area contributed by atoms with E-state index in [2.05, 4.69) is 28.7 Å². The molecule has 0 fully saturated rings. The van der Waals surface area contributed by atoms with Crippen molar-refractivity contribution in [2.24, 2.45) is 0 Å². The van der Waals surface area contributed by atoms with E-state index in [0.717, 1.165) is 48.2 Å². The van der Waals surface area contributed by atoms with Crippen LogP contribution in [0.5, 0.6) is 0 Å². The molecule has 0 saturated carbocycles. The van der Waals surface area contributed by atoms with E-state index in [1.54, 1.807) is 11.8 Å². The fourth-order valence-electron chi connectivity index (χ4n) is 1.88. The van der Waals surface area contributed by atoms with Gasteiger partial charge in [0, 0.05) is 23.6 Å². The van der Waals surface area contributed by atoms with Gasteiger partial charge in [0.1, 0.15) is 0 Å². The van der Waals surface area contributed by atoms with Crippen LogP contribution >= 0.6 is 11.8 Å². The normalized spacial score (nSPS) is 11.2. The Morgan fingerprint density at radius 1 is 1.28 bits per heavy atom. The molecule has 5 heteroatoms. The summed E-state index contributed by atoms with van der Waals surface area (Å²) < 4.78 is 0. The van der Waals surface area contributed by atoms with E-state index in [1.165, 1.54) is 0 Å². The molecule has 0 atom stereocenters. The standard InChI is InChI=1S/C13H23N3OS/c1-5-11-10(4)14-13(15-12(11)17)18-9-8-16(6-2)7-3/h5-9H2,1-4H3,(H,14,15,17). The summed E-state index contributed by atoms with van der Waals surface area (Å²) in [5.74, 6) is 0.954. The molecule has 1 aromatic heterocycles. The van der Waals surface area contributed by atoms with Gasteiger partial charge in [-0.15, -0.1) is 0 Å². The van der Waals surface area contributed by atoms with Crippen molar-refractivity contribution in [1.29, 1.82) is 0 Å². The van der Waals surface area contributed by atoms with Crippen LogP contribution in [0.1, 0.15) is 32.0 Å². The van der Waals surface area contributed by atoms with Gasteiger partial charge in [0.2, 0.25) is 0 Å². The van der Waals surface area contributed by atoms with Crippen molar-refractivity contribution in [1.82, 2.24) is 14.9 Å². The first-order valence-corrected chi connectivity index (χ1v) is 7.55. The van der Waals surface area contributed by atoms with Crippen LogP contribution in [0.25, 0.3) is 0 Å². The maximum Gasteiger partial charge on any atom is 0.254 e. The van der Waals surface area contributed by atoms with Gasteiger partial charge in [-0.05, 0) is 26.4 Å². The molecule has 4 nitrogen and oxygen atoms in total. The molecule has 102 valence electrons. The summed E-state index contributed by atoms with van der Waals surface area (Å²) in [4.78, 5) is 21.4. The van der Waals surface area contributed by atoms with Crippen LogP contribution in [0.15, 0.2) is 9.95 Å². The fourth-order valence-corrected chi connectivity index (χ4v) is 2.79. The third kappa shape index (κ3) is 4.14. The molecule has 1 N–H and O–H groups in total. The number of hydrogen-bond donors (Lipinski definition) is 1. The maximum atomic E-state index is 11.8. The molecule has 1 aromatic rings. The van der Waals surface area contributed by atoms with E-state index in [4.69, 9.17) is 0 Å². The molecule has 0 bridgehead atoms. The predicted octanol–water partition coefficient (Wildman–Crippen LogP) is 2.07. The summed E-state index contributed by atoms with van der Waals surface area (Å²) in [6, 6.07) is 0. The number of rotatable bonds is 7. The highest BCUT2D eigenvalue weighted by molar-refractivity contribution is 7.99. The second-order valence-corrected chi connectivity index (χ2v) is 5.25. The van der Waals surface area contributed by atoms with E-state index in [-0.39, 0.29) is 5.56 Å². The Morgan fingerprint density at radius 3 is 2.44 bits per heavy atom. The van der Waals surface area contributed by atoms with E-state index < -0.39 is 0 Å². The molecule has 0 aromatic carbocycles. The summed E-state index contributed by atoms with van der Waals surface area (Å²) >= 11 is 1.62. The number of aromatic nitrogens is 2. The number of nitrogens with zero attached hydrogens (tertiary/aromatic N) is 2. The monoisotopic (exact) mass is 269 g/mol. The molecule has 0 unspecified atom stereocenters. The van der Waals surface area contributed by atoms with Crippen molar-refractivity contribution in [3.05, 3.63) is 21.6 Å². The molecule has 0 aliphatic carbocycles. The van der Waals surface area contributed by atoms with E-state index in [0.29, 0.717) is 0 Å². The minimum absolute atomic E-state index is 0.00957. The largest absolute Gasteiger partial charge is 0.303 e. The SMILES string of the molecule is CCc1c(C)nc(SCCN(CC)CC)[nH]c1=O. The van der Waals surface area contributed by atoms with Crippen LogP contribution < -0.4 is 5.56 Å². The van der Waals surface area contributed by atoms with Gasteiger partial charge in [-0.25, -0.2) is 4.98 Å². The Labute approximate surface area is 113 Å². The Morgan fingerprint density at radius 2 is 1.94 bits per heavy atom. The molecule has 1 rings (SSSR count). The highest BCUT2D eigenvalue weighted by atomic mass is 32.2. The summed E-state index contributed by atoms with van der Waals surface area (Å²) in [6.07, 6.45) is 0.735. The van der Waals surface area contributed by atoms with Crippen LogP contribution in [-0.4, -0.2) is 40.3 Å². The van der Waals surface area contributed by atoms with Crippen molar-refractivity contribution >= 4 is 11.8 Å². The quantitative estimate of drug-likeness (QED) is 0.608. The number of aromatic amines is 1. The van der Waals surface area contributed by atoms with Crippen molar-refractivity contribution in [2.75, 3.05) is 25.4 Å². The highest BCUT2D eigenvalue weighted by Crippen LogP contribution is 2.12. The van der Waals surface area contributed by atoms with E-state index >= 15 is 0 Å². The molecule has 1 heterocycles. The summed E-state index contributed by atoms with van der Waals surface area (Å²) in [5.41, 5.74) is 1.66. The molecular weight excluding hydrogens is 246 g/mol. The van der Waals surface area contributed by atoms with Crippen LogP contribution in [0.4, 0.5) is 0 Å². The first-order valence-electron chi connectivity index (χ1n) is 6.57. The molecule has 0 aliphatic rings. The summed E-state index contributed by atoms with van der Waals surface area (Å²) in [6.45, 7) is 11.4. The minimum atomic E-state index is 0.00957. The molecule has 18 heavy (non-hydrogen) atoms. The Bertz CT molecular complexity index is 427. The van der Waals surface area contributed by atoms with Crippen LogP contribution in [-0.2, 0) is 6.42 Å². The topological polar surface area (TPSA) is 49.0 Å². The van der Waals surface area contributed by atoms with Crippen molar-refractivity contribution < 1.29 is 0 Å². The molecular formula is C13H23N3OS. The molecule has 0 amide bonds. The van der Waals surface area contributed by atoms with Crippen LogP contribution in [0, 0.1) is 6.92 Å². The van der Waals surface area contributed by atoms with Gasteiger partial charge in [-0.2, -0.15) is 0 Å². The lowest BCUT2D eigenvalue weighted by Crippen LogP contribution is -2.25. The van der Waals surface area contributed by atoms with Gasteiger partial charge in [-0.3, -0.25) is 4.79 Å². The van der Waals surface area contributed by atoms with Gasteiger partial charge in [0.25, 0.3) is 5.56 Å². The van der Waals surface area contributed by atoms with Gasteiger partial charge >= 0.3 is 0 Å². The Balaban J connectivity index is 2.61. The highest BCUT2D eigenvalue weighted by Gasteiger charge is 2.07. The second kappa shape index (κ2) is 7.59. The molecule has 0 saturated heterocycles. The third-order valence-electron chi connectivity index (χ3n) is 3.09. The fraction of sp³-hybridized carbons (Fsp3) is 0.692. The average molecular weight is 269 g/mol. The molecule has 0 aliphatic heterocycles.